The van der Waals surface area contributed by atoms with Gasteiger partial charge in [-0.25, -0.2) is 0 Å². The summed E-state index contributed by atoms with van der Waals surface area (Å²) in [6.45, 7) is 0.420. The number of amides is 2. The van der Waals surface area contributed by atoms with E-state index in [-0.39, 0.29) is 11.8 Å². The van der Waals surface area contributed by atoms with Crippen LogP contribution in [0.2, 0.25) is 0 Å². The van der Waals surface area contributed by atoms with Gasteiger partial charge in [-0.3, -0.25) is 14.5 Å². The van der Waals surface area contributed by atoms with Crippen LogP contribution >= 0.6 is 11.8 Å². The van der Waals surface area contributed by atoms with Gasteiger partial charge in [0.1, 0.15) is 0 Å². The third kappa shape index (κ3) is 2.59. The van der Waals surface area contributed by atoms with Crippen molar-refractivity contribution < 1.29 is 9.59 Å². The zero-order valence-corrected chi connectivity index (χ0v) is 13.8. The van der Waals surface area contributed by atoms with E-state index in [1.165, 1.54) is 15.7 Å². The molecule has 0 saturated heterocycles. The van der Waals surface area contributed by atoms with Crippen LogP contribution in [0.1, 0.15) is 20.7 Å². The van der Waals surface area contributed by atoms with E-state index in [1.54, 1.807) is 36.0 Å². The lowest BCUT2D eigenvalue weighted by Gasteiger charge is -2.13. The first kappa shape index (κ1) is 15.0. The Balaban J connectivity index is 1.44. The van der Waals surface area contributed by atoms with Crippen LogP contribution in [0.3, 0.4) is 0 Å². The van der Waals surface area contributed by atoms with Crippen LogP contribution in [0.5, 0.6) is 0 Å². The molecular weight excluding hydrogens is 318 g/mol. The maximum absolute atomic E-state index is 12.3. The molecule has 0 bridgehead atoms. The van der Waals surface area contributed by atoms with Gasteiger partial charge in [0.2, 0.25) is 0 Å². The fourth-order valence-electron chi connectivity index (χ4n) is 2.95. The molecule has 1 heterocycles. The van der Waals surface area contributed by atoms with E-state index in [4.69, 9.17) is 0 Å². The van der Waals surface area contributed by atoms with Crippen LogP contribution in [0.15, 0.2) is 71.6 Å². The molecule has 0 aromatic heterocycles. The standard InChI is InChI=1S/C20H15NO2S/c22-19-17-7-3-4-8-18(17)20(23)21(19)11-12-24-16-10-9-14-5-1-2-6-15(14)13-16/h1-10,13H,11-12H2. The summed E-state index contributed by atoms with van der Waals surface area (Å²) in [6.07, 6.45) is 0. The summed E-state index contributed by atoms with van der Waals surface area (Å²) in [5.74, 6) is 0.313. The molecule has 24 heavy (non-hydrogen) atoms. The highest BCUT2D eigenvalue weighted by atomic mass is 32.2. The summed E-state index contributed by atoms with van der Waals surface area (Å²) in [5.41, 5.74) is 1.02. The predicted octanol–water partition coefficient (Wildman–Crippen LogP) is 4.23. The fourth-order valence-corrected chi connectivity index (χ4v) is 3.84. The summed E-state index contributed by atoms with van der Waals surface area (Å²) < 4.78 is 0. The number of thioether (sulfide) groups is 1. The van der Waals surface area contributed by atoms with Crippen molar-refractivity contribution >= 4 is 34.3 Å². The molecule has 3 nitrogen and oxygen atoms in total. The Kier molecular flexibility index (Phi) is 3.82. The van der Waals surface area contributed by atoms with Gasteiger partial charge in [0.15, 0.2) is 0 Å². The molecule has 0 atom stereocenters. The molecule has 0 N–H and O–H groups in total. The summed E-state index contributed by atoms with van der Waals surface area (Å²) >= 11 is 1.66. The van der Waals surface area contributed by atoms with Crippen molar-refractivity contribution in [2.45, 2.75) is 4.90 Å². The smallest absolute Gasteiger partial charge is 0.261 e. The molecule has 3 aromatic rings. The molecule has 118 valence electrons. The summed E-state index contributed by atoms with van der Waals surface area (Å²) in [7, 11) is 0. The SMILES string of the molecule is O=C1c2ccccc2C(=O)N1CCSc1ccc2ccccc2c1. The second kappa shape index (κ2) is 6.13. The third-order valence-corrected chi connectivity index (χ3v) is 5.16. The van der Waals surface area contributed by atoms with Gasteiger partial charge in [-0.1, -0.05) is 42.5 Å². The number of benzene rings is 3. The second-order valence-corrected chi connectivity index (χ2v) is 6.83. The van der Waals surface area contributed by atoms with E-state index < -0.39 is 0 Å². The van der Waals surface area contributed by atoms with Crippen LogP contribution in [-0.2, 0) is 0 Å². The largest absolute Gasteiger partial charge is 0.273 e. The summed E-state index contributed by atoms with van der Waals surface area (Å²) in [5, 5.41) is 2.41. The number of imide groups is 1. The highest BCUT2D eigenvalue weighted by Crippen LogP contribution is 2.26. The van der Waals surface area contributed by atoms with E-state index in [0.29, 0.717) is 23.4 Å². The molecule has 1 aliphatic heterocycles. The quantitative estimate of drug-likeness (QED) is 0.530. The molecule has 4 heteroatoms. The topological polar surface area (TPSA) is 37.4 Å². The predicted molar refractivity (Wildman–Crippen MR) is 96.5 cm³/mol. The summed E-state index contributed by atoms with van der Waals surface area (Å²) in [6, 6.07) is 21.5. The molecule has 0 unspecified atom stereocenters. The molecule has 4 rings (SSSR count). The number of fused-ring (bicyclic) bond motifs is 2. The van der Waals surface area contributed by atoms with Gasteiger partial charge in [-0.05, 0) is 35.0 Å². The Bertz CT molecular complexity index is 916. The third-order valence-electron chi connectivity index (χ3n) is 4.18. The van der Waals surface area contributed by atoms with Gasteiger partial charge in [-0.15, -0.1) is 11.8 Å². The van der Waals surface area contributed by atoms with Crippen molar-refractivity contribution in [3.05, 3.63) is 77.9 Å². The number of carbonyl (C=O) groups excluding carboxylic acids is 2. The van der Waals surface area contributed by atoms with Gasteiger partial charge in [0.05, 0.1) is 11.1 Å². The highest BCUT2D eigenvalue weighted by molar-refractivity contribution is 7.99. The van der Waals surface area contributed by atoms with Gasteiger partial charge in [0, 0.05) is 17.2 Å². The van der Waals surface area contributed by atoms with Crippen LogP contribution in [0.4, 0.5) is 0 Å². The molecule has 0 fully saturated rings. The lowest BCUT2D eigenvalue weighted by atomic mass is 10.1. The van der Waals surface area contributed by atoms with Crippen molar-refractivity contribution in [3.63, 3.8) is 0 Å². The van der Waals surface area contributed by atoms with Gasteiger partial charge in [0.25, 0.3) is 11.8 Å². The Morgan fingerprint density at radius 3 is 2.08 bits per heavy atom. The number of hydrogen-bond acceptors (Lipinski definition) is 3. The highest BCUT2D eigenvalue weighted by Gasteiger charge is 2.34. The normalized spacial score (nSPS) is 13.6. The second-order valence-electron chi connectivity index (χ2n) is 5.66. The maximum Gasteiger partial charge on any atom is 0.261 e. The van der Waals surface area contributed by atoms with Crippen molar-refractivity contribution in [2.24, 2.45) is 0 Å². The zero-order chi connectivity index (χ0) is 16.5. The maximum atomic E-state index is 12.3. The molecule has 0 radical (unpaired) electrons. The van der Waals surface area contributed by atoms with Crippen molar-refractivity contribution in [2.75, 3.05) is 12.3 Å². The minimum Gasteiger partial charge on any atom is -0.273 e. The monoisotopic (exact) mass is 333 g/mol. The molecule has 2 amide bonds. The molecule has 1 aliphatic rings. The molecule has 0 saturated carbocycles. The average molecular weight is 333 g/mol. The van der Waals surface area contributed by atoms with Gasteiger partial charge >= 0.3 is 0 Å². The first-order valence-electron chi connectivity index (χ1n) is 7.81. The Morgan fingerprint density at radius 1 is 0.750 bits per heavy atom. The van der Waals surface area contributed by atoms with Gasteiger partial charge < -0.3 is 0 Å². The van der Waals surface area contributed by atoms with E-state index in [1.807, 2.05) is 12.1 Å². The number of nitrogens with zero attached hydrogens (tertiary/aromatic N) is 1. The van der Waals surface area contributed by atoms with E-state index in [9.17, 15) is 9.59 Å². The zero-order valence-electron chi connectivity index (χ0n) is 12.9. The number of rotatable bonds is 4. The van der Waals surface area contributed by atoms with E-state index in [0.717, 1.165) is 4.90 Å². The Morgan fingerprint density at radius 2 is 1.38 bits per heavy atom. The van der Waals surface area contributed by atoms with Crippen LogP contribution in [0, 0.1) is 0 Å². The first-order valence-corrected chi connectivity index (χ1v) is 8.79. The van der Waals surface area contributed by atoms with Gasteiger partial charge in [-0.2, -0.15) is 0 Å². The Labute approximate surface area is 144 Å². The van der Waals surface area contributed by atoms with Crippen molar-refractivity contribution in [3.8, 4) is 0 Å². The molecule has 0 spiro atoms. The van der Waals surface area contributed by atoms with Crippen LogP contribution < -0.4 is 0 Å². The summed E-state index contributed by atoms with van der Waals surface area (Å²) in [4.78, 5) is 27.1. The van der Waals surface area contributed by atoms with E-state index >= 15 is 0 Å². The van der Waals surface area contributed by atoms with Crippen LogP contribution in [-0.4, -0.2) is 29.0 Å². The fraction of sp³-hybridized carbons (Fsp3) is 0.100. The molecular formula is C20H15NO2S. The number of carbonyl (C=O) groups is 2. The number of hydrogen-bond donors (Lipinski definition) is 0. The molecule has 3 aromatic carbocycles. The lowest BCUT2D eigenvalue weighted by Crippen LogP contribution is -2.31. The minimum absolute atomic E-state index is 0.185. The lowest BCUT2D eigenvalue weighted by molar-refractivity contribution is 0.0664. The average Bonchev–Trinajstić information content (AvgIpc) is 2.87. The van der Waals surface area contributed by atoms with Crippen molar-refractivity contribution in [1.82, 2.24) is 4.90 Å². The first-order chi connectivity index (χ1) is 11.7. The van der Waals surface area contributed by atoms with Crippen molar-refractivity contribution in [1.29, 1.82) is 0 Å². The minimum atomic E-state index is -0.185. The van der Waals surface area contributed by atoms with E-state index in [2.05, 4.69) is 30.3 Å². The Hall–Kier alpha value is -2.59. The molecule has 0 aliphatic carbocycles. The van der Waals surface area contributed by atoms with Crippen LogP contribution in [0.25, 0.3) is 10.8 Å².